The van der Waals surface area contributed by atoms with Gasteiger partial charge >= 0.3 is 0 Å². The molecule has 0 spiro atoms. The normalized spacial score (nSPS) is 29.3. The van der Waals surface area contributed by atoms with E-state index in [1.54, 1.807) is 4.90 Å². The zero-order valence-electron chi connectivity index (χ0n) is 18.9. The van der Waals surface area contributed by atoms with Gasteiger partial charge in [0, 0.05) is 25.0 Å². The van der Waals surface area contributed by atoms with Crippen molar-refractivity contribution < 1.29 is 14.3 Å². The number of ether oxygens (including phenoxy) is 1. The number of hydrogen-bond acceptors (Lipinski definition) is 7. The average molecular weight is 463 g/mol. The van der Waals surface area contributed by atoms with Crippen LogP contribution in [0, 0.1) is 5.92 Å². The van der Waals surface area contributed by atoms with Crippen LogP contribution in [0.15, 0.2) is 67.3 Å². The van der Waals surface area contributed by atoms with Gasteiger partial charge in [-0.1, -0.05) is 36.9 Å². The van der Waals surface area contributed by atoms with Crippen LogP contribution in [0.2, 0.25) is 0 Å². The van der Waals surface area contributed by atoms with E-state index in [1.807, 2.05) is 59.6 Å². The van der Waals surface area contributed by atoms with Crippen molar-refractivity contribution in [1.82, 2.24) is 26.2 Å². The second-order valence-corrected chi connectivity index (χ2v) is 8.96. The molecule has 3 heterocycles. The first-order chi connectivity index (χ1) is 16.5. The third-order valence-corrected chi connectivity index (χ3v) is 6.88. The summed E-state index contributed by atoms with van der Waals surface area (Å²) in [5, 5.41) is 2.02. The molecule has 178 valence electrons. The molecule has 3 aliphatic heterocycles. The van der Waals surface area contributed by atoms with E-state index in [4.69, 9.17) is 10.5 Å². The number of rotatable bonds is 5. The number of nitrogens with two attached hydrogens (primary N) is 1. The highest BCUT2D eigenvalue weighted by molar-refractivity contribution is 5.87. The Bertz CT molecular complexity index is 1050. The fourth-order valence-electron chi connectivity index (χ4n) is 5.23. The number of piperidine rings is 1. The van der Waals surface area contributed by atoms with Crippen molar-refractivity contribution in [2.24, 2.45) is 11.7 Å². The molecule has 5 atom stereocenters. The Labute approximate surface area is 198 Å². The first kappa shape index (κ1) is 22.5. The zero-order valence-corrected chi connectivity index (χ0v) is 18.9. The molecule has 34 heavy (non-hydrogen) atoms. The molecule has 5 rings (SSSR count). The summed E-state index contributed by atoms with van der Waals surface area (Å²) in [5.41, 5.74) is 16.7. The summed E-state index contributed by atoms with van der Waals surface area (Å²) in [6, 6.07) is 16.8. The fourth-order valence-corrected chi connectivity index (χ4v) is 5.23. The highest BCUT2D eigenvalue weighted by Crippen LogP contribution is 2.39. The van der Waals surface area contributed by atoms with Gasteiger partial charge in [-0.05, 0) is 48.7 Å². The van der Waals surface area contributed by atoms with Gasteiger partial charge in [0.2, 0.25) is 5.91 Å². The van der Waals surface area contributed by atoms with Gasteiger partial charge in [-0.3, -0.25) is 15.0 Å². The smallest absolute Gasteiger partial charge is 0.253 e. The van der Waals surface area contributed by atoms with Crippen molar-refractivity contribution in [2.75, 3.05) is 13.1 Å². The molecular weight excluding hydrogens is 432 g/mol. The molecule has 0 aromatic heterocycles. The SMILES string of the molecule is C=CC(=O)N1CCC[C@@H](N2NC(c3ccc(Oc4ccccc4)cc3)C3C(N)NNC(=O)C32)C1. The second-order valence-electron chi connectivity index (χ2n) is 8.96. The summed E-state index contributed by atoms with van der Waals surface area (Å²) < 4.78 is 5.92. The minimum absolute atomic E-state index is 0.00751. The Morgan fingerprint density at radius 3 is 2.59 bits per heavy atom. The lowest BCUT2D eigenvalue weighted by molar-refractivity contribution is -0.134. The lowest BCUT2D eigenvalue weighted by Crippen LogP contribution is -2.67. The minimum atomic E-state index is -0.453. The maximum atomic E-state index is 13.0. The highest BCUT2D eigenvalue weighted by Gasteiger charge is 2.53. The van der Waals surface area contributed by atoms with Gasteiger partial charge in [0.1, 0.15) is 17.5 Å². The Morgan fingerprint density at radius 2 is 1.85 bits per heavy atom. The number of likely N-dealkylation sites (tertiary alicyclic amines) is 1. The Kier molecular flexibility index (Phi) is 6.34. The van der Waals surface area contributed by atoms with Gasteiger partial charge in [0.25, 0.3) is 5.91 Å². The molecule has 5 N–H and O–H groups in total. The predicted octanol–water partition coefficient (Wildman–Crippen LogP) is 1.42. The number of hydrogen-bond donors (Lipinski definition) is 4. The number of hydrazine groups is 2. The number of fused-ring (bicyclic) bond motifs is 1. The summed E-state index contributed by atoms with van der Waals surface area (Å²) in [5.74, 6) is 1.10. The molecule has 9 nitrogen and oxygen atoms in total. The van der Waals surface area contributed by atoms with Crippen LogP contribution in [0.25, 0.3) is 0 Å². The lowest BCUT2D eigenvalue weighted by atomic mass is 9.85. The van der Waals surface area contributed by atoms with Crippen molar-refractivity contribution in [3.8, 4) is 11.5 Å². The van der Waals surface area contributed by atoms with Gasteiger partial charge in [0.05, 0.1) is 12.2 Å². The lowest BCUT2D eigenvalue weighted by Gasteiger charge is -2.41. The van der Waals surface area contributed by atoms with Crippen LogP contribution in [0.3, 0.4) is 0 Å². The summed E-state index contributed by atoms with van der Waals surface area (Å²) in [7, 11) is 0. The van der Waals surface area contributed by atoms with E-state index in [0.29, 0.717) is 13.1 Å². The van der Waals surface area contributed by atoms with Gasteiger partial charge in [0.15, 0.2) is 0 Å². The van der Waals surface area contributed by atoms with Crippen LogP contribution in [0.4, 0.5) is 0 Å². The summed E-state index contributed by atoms with van der Waals surface area (Å²) in [4.78, 5) is 27.0. The Hall–Kier alpha value is -3.24. The number of carbonyl (C=O) groups is 2. The van der Waals surface area contributed by atoms with Gasteiger partial charge in [-0.2, -0.15) is 0 Å². The Balaban J connectivity index is 1.38. The van der Waals surface area contributed by atoms with E-state index in [9.17, 15) is 9.59 Å². The third-order valence-electron chi connectivity index (χ3n) is 6.88. The molecule has 0 radical (unpaired) electrons. The third kappa shape index (κ3) is 4.30. The molecule has 0 saturated carbocycles. The molecule has 3 aliphatic rings. The van der Waals surface area contributed by atoms with Crippen LogP contribution in [0.5, 0.6) is 11.5 Å². The first-order valence-electron chi connectivity index (χ1n) is 11.6. The maximum absolute atomic E-state index is 13.0. The molecule has 2 aromatic carbocycles. The van der Waals surface area contributed by atoms with Gasteiger partial charge < -0.3 is 15.4 Å². The summed E-state index contributed by atoms with van der Waals surface area (Å²) in [6.45, 7) is 4.84. The minimum Gasteiger partial charge on any atom is -0.457 e. The van der Waals surface area contributed by atoms with E-state index in [2.05, 4.69) is 22.9 Å². The number of nitrogens with one attached hydrogen (secondary N) is 3. The molecule has 4 unspecified atom stereocenters. The molecule has 2 amide bonds. The van der Waals surface area contributed by atoms with Crippen molar-refractivity contribution in [3.05, 3.63) is 72.8 Å². The van der Waals surface area contributed by atoms with E-state index < -0.39 is 12.2 Å². The first-order valence-corrected chi connectivity index (χ1v) is 11.6. The molecule has 2 aromatic rings. The number of carbonyl (C=O) groups excluding carboxylic acids is 2. The van der Waals surface area contributed by atoms with Crippen LogP contribution in [0.1, 0.15) is 24.4 Å². The molecule has 3 fully saturated rings. The van der Waals surface area contributed by atoms with Crippen molar-refractivity contribution in [3.63, 3.8) is 0 Å². The molecular formula is C25H30N6O3. The topological polar surface area (TPSA) is 112 Å². The van der Waals surface area contributed by atoms with Crippen LogP contribution in [-0.4, -0.2) is 53.1 Å². The highest BCUT2D eigenvalue weighted by atomic mass is 16.5. The van der Waals surface area contributed by atoms with Crippen LogP contribution in [-0.2, 0) is 9.59 Å². The van der Waals surface area contributed by atoms with Gasteiger partial charge in [-0.25, -0.2) is 15.9 Å². The maximum Gasteiger partial charge on any atom is 0.253 e. The molecule has 3 saturated heterocycles. The number of para-hydroxylation sites is 1. The number of amides is 2. The van der Waals surface area contributed by atoms with Crippen LogP contribution < -0.4 is 26.7 Å². The quantitative estimate of drug-likeness (QED) is 0.497. The van der Waals surface area contributed by atoms with Gasteiger partial charge in [-0.15, -0.1) is 0 Å². The van der Waals surface area contributed by atoms with Crippen molar-refractivity contribution in [1.29, 1.82) is 0 Å². The summed E-state index contributed by atoms with van der Waals surface area (Å²) in [6.07, 6.45) is 2.66. The largest absolute Gasteiger partial charge is 0.457 e. The number of benzene rings is 2. The van der Waals surface area contributed by atoms with E-state index in [-0.39, 0.29) is 29.8 Å². The van der Waals surface area contributed by atoms with Crippen molar-refractivity contribution in [2.45, 2.75) is 37.1 Å². The number of nitrogens with zero attached hydrogens (tertiary/aromatic N) is 2. The molecule has 9 heteroatoms. The molecule has 0 bridgehead atoms. The van der Waals surface area contributed by atoms with E-state index in [1.165, 1.54) is 6.08 Å². The zero-order chi connectivity index (χ0) is 23.7. The van der Waals surface area contributed by atoms with E-state index >= 15 is 0 Å². The van der Waals surface area contributed by atoms with E-state index in [0.717, 1.165) is 29.9 Å². The van der Waals surface area contributed by atoms with Crippen molar-refractivity contribution >= 4 is 11.8 Å². The Morgan fingerprint density at radius 1 is 1.12 bits per heavy atom. The van der Waals surface area contributed by atoms with Crippen LogP contribution >= 0.6 is 0 Å². The average Bonchev–Trinajstić information content (AvgIpc) is 3.29. The standard InChI is InChI=1S/C25H30N6O3/c1-2-20(32)30-14-6-7-17(15-30)31-23-21(24(26)27-28-25(23)33)22(29-31)16-10-12-19(13-11-16)34-18-8-4-3-5-9-18/h2-5,8-13,17,21-24,27,29H,1,6-7,14-15,26H2,(H,28,33)/t17-,21?,22?,23?,24?/m1/s1. The predicted molar refractivity (Wildman–Crippen MR) is 127 cm³/mol. The second kappa shape index (κ2) is 9.55. The monoisotopic (exact) mass is 462 g/mol. The summed E-state index contributed by atoms with van der Waals surface area (Å²) >= 11 is 0. The molecule has 0 aliphatic carbocycles. The fraction of sp³-hybridized carbons (Fsp3) is 0.360.